The van der Waals surface area contributed by atoms with Gasteiger partial charge in [-0.15, -0.1) is 0 Å². The van der Waals surface area contributed by atoms with Crippen LogP contribution in [0.4, 0.5) is 51.2 Å². The molecule has 13 rings (SSSR count). The highest BCUT2D eigenvalue weighted by atomic mass is 16.3. The highest BCUT2D eigenvalue weighted by molar-refractivity contribution is 7.00. The van der Waals surface area contributed by atoms with Gasteiger partial charge in [0.1, 0.15) is 5.58 Å². The van der Waals surface area contributed by atoms with E-state index in [9.17, 15) is 0 Å². The lowest BCUT2D eigenvalue weighted by Crippen LogP contribution is -2.61. The second-order valence-electron chi connectivity index (χ2n) is 33.9. The third-order valence-corrected chi connectivity index (χ3v) is 21.9. The largest absolute Gasteiger partial charge is 0.468 e. The normalized spacial score (nSPS) is 19.3. The molecule has 1 aromatic heterocycles. The van der Waals surface area contributed by atoms with Gasteiger partial charge in [0.25, 0.3) is 6.71 Å². The first kappa shape index (κ1) is 57.6. The van der Waals surface area contributed by atoms with Gasteiger partial charge in [-0.25, -0.2) is 0 Å². The molecule has 0 atom stereocenters. The van der Waals surface area contributed by atoms with Crippen LogP contribution in [0.5, 0.6) is 0 Å². The van der Waals surface area contributed by atoms with Crippen molar-refractivity contribution in [2.45, 2.75) is 233 Å². The Kier molecular flexibility index (Phi) is 12.6. The molecule has 0 saturated carbocycles. The smallest absolute Gasteiger partial charge is 0.297 e. The molecular formula is C80H96BN3O. The molecule has 8 aromatic rings. The highest BCUT2D eigenvalue weighted by Gasteiger charge is 2.50. The van der Waals surface area contributed by atoms with Gasteiger partial charge in [-0.1, -0.05) is 188 Å². The minimum Gasteiger partial charge on any atom is -0.468 e. The Morgan fingerprint density at radius 3 is 1.21 bits per heavy atom. The SMILES string of the molecule is CC(C)(C)c1ccc(N(c2ccc(C(C)(C)C)cc2)c2ccc3c(c2)N(c2ccc4c(c2)C(C)(C)CCC4(C)C)c2cc(C(C)(C)C)cc4c2B3c2oc3cc5c(cc3c2N4c2ccc3c(c2)C(C)(C)CCC3(C)C)C(C)(C)CCC5(C)C)cc1. The summed E-state index contributed by atoms with van der Waals surface area (Å²) in [6.45, 7) is 50.4. The van der Waals surface area contributed by atoms with Crippen LogP contribution in [0, 0.1) is 0 Å². The summed E-state index contributed by atoms with van der Waals surface area (Å²) in [5.41, 5.74) is 27.9. The molecule has 0 fully saturated rings. The van der Waals surface area contributed by atoms with Gasteiger partial charge in [0.2, 0.25) is 0 Å². The van der Waals surface area contributed by atoms with E-state index in [0.29, 0.717) is 0 Å². The minimum atomic E-state index is -0.206. The van der Waals surface area contributed by atoms with E-state index in [2.05, 4.69) is 287 Å². The molecule has 3 aliphatic carbocycles. The Hall–Kier alpha value is -6.46. The summed E-state index contributed by atoms with van der Waals surface area (Å²) in [6.07, 6.45) is 6.91. The van der Waals surface area contributed by atoms with Crippen molar-refractivity contribution in [1.29, 1.82) is 0 Å². The fourth-order valence-electron chi connectivity index (χ4n) is 15.7. The van der Waals surface area contributed by atoms with Crippen LogP contribution in [0.25, 0.3) is 11.0 Å². The molecule has 0 radical (unpaired) electrons. The maximum absolute atomic E-state index is 7.85. The second kappa shape index (κ2) is 18.5. The predicted octanol–water partition coefficient (Wildman–Crippen LogP) is 20.9. The van der Waals surface area contributed by atoms with Crippen molar-refractivity contribution in [3.8, 4) is 0 Å². The third kappa shape index (κ3) is 9.18. The van der Waals surface area contributed by atoms with E-state index in [4.69, 9.17) is 4.42 Å². The number of hydrogen-bond donors (Lipinski definition) is 0. The molecule has 0 amide bonds. The van der Waals surface area contributed by atoms with Gasteiger partial charge < -0.3 is 19.1 Å². The first-order valence-electron chi connectivity index (χ1n) is 32.3. The van der Waals surface area contributed by atoms with Crippen molar-refractivity contribution in [1.82, 2.24) is 0 Å². The average molecular weight is 1130 g/mol. The van der Waals surface area contributed by atoms with Gasteiger partial charge in [-0.2, -0.15) is 0 Å². The van der Waals surface area contributed by atoms with Crippen molar-refractivity contribution in [2.24, 2.45) is 0 Å². The quantitative estimate of drug-likeness (QED) is 0.160. The molecule has 440 valence electrons. The number of benzene rings is 7. The first-order valence-corrected chi connectivity index (χ1v) is 32.3. The number of nitrogens with zero attached hydrogens (tertiary/aromatic N) is 3. The summed E-state index contributed by atoms with van der Waals surface area (Å²) in [5, 5.41) is 1.20. The molecule has 0 unspecified atom stereocenters. The fraction of sp³-hybridized carbons (Fsp3) is 0.450. The van der Waals surface area contributed by atoms with Gasteiger partial charge >= 0.3 is 0 Å². The van der Waals surface area contributed by atoms with Gasteiger partial charge in [-0.3, -0.25) is 0 Å². The zero-order valence-electron chi connectivity index (χ0n) is 55.7. The first-order chi connectivity index (χ1) is 39.5. The molecule has 85 heavy (non-hydrogen) atoms. The third-order valence-electron chi connectivity index (χ3n) is 21.9. The molecule has 5 heteroatoms. The number of anilines is 9. The van der Waals surface area contributed by atoms with Crippen LogP contribution in [0.1, 0.15) is 234 Å². The summed E-state index contributed by atoms with van der Waals surface area (Å²) in [4.78, 5) is 7.85. The summed E-state index contributed by atoms with van der Waals surface area (Å²) in [5.74, 6) is 0. The van der Waals surface area contributed by atoms with Crippen molar-refractivity contribution in [2.75, 3.05) is 14.7 Å². The Morgan fingerprint density at radius 2 is 0.765 bits per heavy atom. The van der Waals surface area contributed by atoms with Gasteiger partial charge in [0, 0.05) is 50.9 Å². The number of fused-ring (bicyclic) bond motifs is 9. The molecular weight excluding hydrogens is 1030 g/mol. The van der Waals surface area contributed by atoms with E-state index in [1.54, 1.807) is 0 Å². The molecule has 2 aliphatic heterocycles. The topological polar surface area (TPSA) is 22.9 Å². The van der Waals surface area contributed by atoms with Crippen molar-refractivity contribution in [3.05, 3.63) is 177 Å². The Bertz CT molecular complexity index is 3970. The Morgan fingerprint density at radius 1 is 0.376 bits per heavy atom. The fourth-order valence-corrected chi connectivity index (χ4v) is 15.7. The summed E-state index contributed by atoms with van der Waals surface area (Å²) < 4.78 is 7.85. The number of furan rings is 1. The highest BCUT2D eigenvalue weighted by Crippen LogP contribution is 2.56. The maximum atomic E-state index is 7.85. The van der Waals surface area contributed by atoms with Crippen LogP contribution in [0.15, 0.2) is 132 Å². The van der Waals surface area contributed by atoms with Gasteiger partial charge in [0.15, 0.2) is 0 Å². The molecule has 0 N–H and O–H groups in total. The van der Waals surface area contributed by atoms with Crippen LogP contribution < -0.4 is 31.3 Å². The van der Waals surface area contributed by atoms with Crippen molar-refractivity contribution in [3.63, 3.8) is 0 Å². The van der Waals surface area contributed by atoms with E-state index in [1.807, 2.05) is 0 Å². The van der Waals surface area contributed by atoms with Crippen molar-refractivity contribution < 1.29 is 4.42 Å². The minimum absolute atomic E-state index is 0.00282. The molecule has 5 aliphatic rings. The van der Waals surface area contributed by atoms with Crippen LogP contribution >= 0.6 is 0 Å². The van der Waals surface area contributed by atoms with E-state index >= 15 is 0 Å². The summed E-state index contributed by atoms with van der Waals surface area (Å²) >= 11 is 0. The zero-order chi connectivity index (χ0) is 60.9. The molecule has 3 heterocycles. The second-order valence-corrected chi connectivity index (χ2v) is 33.9. The lowest BCUT2D eigenvalue weighted by Gasteiger charge is -2.46. The van der Waals surface area contributed by atoms with E-state index in [0.717, 1.165) is 54.0 Å². The van der Waals surface area contributed by atoms with Crippen LogP contribution in [-0.2, 0) is 48.7 Å². The van der Waals surface area contributed by atoms with E-state index in [-0.39, 0.29) is 55.4 Å². The molecule has 0 saturated heterocycles. The Balaban J connectivity index is 1.15. The molecule has 4 nitrogen and oxygen atoms in total. The van der Waals surface area contributed by atoms with Crippen LogP contribution in [0.3, 0.4) is 0 Å². The standard InChI is InChI=1S/C80H96BN3O/c1-72(2,3)49-22-26-52(27-23-49)82(53-28-24-50(25-29-53)73(4,5)6)56-32-35-64-65(46-56)83(54-30-33-58-60(44-54)77(14,15)38-36-75(58,10)11)66-42-51(74(7,8)9)43-67-69(66)81(64)71-70(57-47-62-63(48-68(57)85-71)80(20,21)41-40-79(62,18)19)84(67)55-31-34-59-61(45-55)78(16,17)39-37-76(59,12)13/h22-35,42-48H,36-41H2,1-21H3. The van der Waals surface area contributed by atoms with E-state index < -0.39 is 0 Å². The molecule has 0 spiro atoms. The summed E-state index contributed by atoms with van der Waals surface area (Å²) in [7, 11) is 0. The number of rotatable bonds is 5. The lowest BCUT2D eigenvalue weighted by atomic mass is 9.35. The molecule has 7 aromatic carbocycles. The van der Waals surface area contributed by atoms with Crippen LogP contribution in [0.2, 0.25) is 0 Å². The Labute approximate surface area is 511 Å². The average Bonchev–Trinajstić information content (AvgIpc) is 1.74. The van der Waals surface area contributed by atoms with E-state index in [1.165, 1.54) is 113 Å². The predicted molar refractivity (Wildman–Crippen MR) is 367 cm³/mol. The lowest BCUT2D eigenvalue weighted by molar-refractivity contribution is 0.332. The number of hydrogen-bond acceptors (Lipinski definition) is 4. The summed E-state index contributed by atoms with van der Waals surface area (Å²) in [6, 6.07) is 51.3. The van der Waals surface area contributed by atoms with Gasteiger partial charge in [-0.05, 0) is 233 Å². The van der Waals surface area contributed by atoms with Crippen LogP contribution in [-0.4, -0.2) is 6.71 Å². The molecule has 0 bridgehead atoms. The maximum Gasteiger partial charge on any atom is 0.297 e. The zero-order valence-corrected chi connectivity index (χ0v) is 55.7. The van der Waals surface area contributed by atoms with Crippen molar-refractivity contribution >= 4 is 85.5 Å². The monoisotopic (exact) mass is 1130 g/mol. The van der Waals surface area contributed by atoms with Gasteiger partial charge in [0.05, 0.1) is 11.3 Å².